The van der Waals surface area contributed by atoms with Crippen molar-refractivity contribution in [3.8, 4) is 16.2 Å². The number of ether oxygens (including phenoxy) is 1. The molecule has 0 aliphatic rings. The zero-order valence-electron chi connectivity index (χ0n) is 13.7. The number of anilines is 1. The summed E-state index contributed by atoms with van der Waals surface area (Å²) in [5, 5.41) is 14.3. The lowest BCUT2D eigenvalue weighted by atomic mass is 10.1. The van der Waals surface area contributed by atoms with Crippen LogP contribution >= 0.6 is 22.9 Å². The Morgan fingerprint density at radius 3 is 3.00 bits per heavy atom. The SMILES string of the molecule is COc1cccc(-c2cc(C(=O)Nc3nc(CC(C)O)ns3)cs2)c1. The summed E-state index contributed by atoms with van der Waals surface area (Å²) in [6, 6.07) is 9.54. The summed E-state index contributed by atoms with van der Waals surface area (Å²) in [5.41, 5.74) is 1.56. The molecule has 0 fully saturated rings. The number of hydrogen-bond donors (Lipinski definition) is 2. The molecule has 3 aromatic rings. The number of rotatable bonds is 6. The van der Waals surface area contributed by atoms with Crippen LogP contribution in [0.2, 0.25) is 0 Å². The third kappa shape index (κ3) is 4.41. The predicted molar refractivity (Wildman–Crippen MR) is 99.6 cm³/mol. The van der Waals surface area contributed by atoms with E-state index in [9.17, 15) is 9.90 Å². The summed E-state index contributed by atoms with van der Waals surface area (Å²) in [6.07, 6.45) is -0.148. The van der Waals surface area contributed by atoms with Gasteiger partial charge in [-0.05, 0) is 30.7 Å². The van der Waals surface area contributed by atoms with Gasteiger partial charge in [0.2, 0.25) is 5.13 Å². The molecule has 1 unspecified atom stereocenters. The van der Waals surface area contributed by atoms with Gasteiger partial charge in [-0.3, -0.25) is 10.1 Å². The quantitative estimate of drug-likeness (QED) is 0.689. The lowest BCUT2D eigenvalue weighted by molar-refractivity contribution is 0.102. The Labute approximate surface area is 153 Å². The van der Waals surface area contributed by atoms with Crippen molar-refractivity contribution in [2.45, 2.75) is 19.4 Å². The van der Waals surface area contributed by atoms with Gasteiger partial charge in [0.05, 0.1) is 18.8 Å². The highest BCUT2D eigenvalue weighted by atomic mass is 32.1. The van der Waals surface area contributed by atoms with Gasteiger partial charge in [-0.15, -0.1) is 11.3 Å². The van der Waals surface area contributed by atoms with Crippen LogP contribution in [0.25, 0.3) is 10.4 Å². The Morgan fingerprint density at radius 2 is 2.24 bits per heavy atom. The van der Waals surface area contributed by atoms with Crippen LogP contribution in [0.5, 0.6) is 5.75 Å². The van der Waals surface area contributed by atoms with Crippen LogP contribution in [0.1, 0.15) is 23.1 Å². The molecule has 0 aliphatic carbocycles. The molecule has 0 spiro atoms. The summed E-state index contributed by atoms with van der Waals surface area (Å²) in [5.74, 6) is 1.07. The minimum absolute atomic E-state index is 0.231. The molecule has 2 N–H and O–H groups in total. The molecule has 0 aliphatic heterocycles. The van der Waals surface area contributed by atoms with E-state index in [4.69, 9.17) is 4.74 Å². The van der Waals surface area contributed by atoms with Gasteiger partial charge in [0.1, 0.15) is 11.6 Å². The molecule has 1 atom stereocenters. The fourth-order valence-electron chi connectivity index (χ4n) is 2.20. The Kier molecular flexibility index (Phi) is 5.42. The third-order valence-electron chi connectivity index (χ3n) is 3.38. The first kappa shape index (κ1) is 17.5. The van der Waals surface area contributed by atoms with E-state index in [1.54, 1.807) is 14.0 Å². The van der Waals surface area contributed by atoms with Crippen LogP contribution in [0, 0.1) is 0 Å². The van der Waals surface area contributed by atoms with Crippen molar-refractivity contribution in [3.63, 3.8) is 0 Å². The van der Waals surface area contributed by atoms with Crippen molar-refractivity contribution in [2.24, 2.45) is 0 Å². The van der Waals surface area contributed by atoms with Gasteiger partial charge in [0.15, 0.2) is 0 Å². The van der Waals surface area contributed by atoms with Crippen LogP contribution in [0.3, 0.4) is 0 Å². The average molecular weight is 375 g/mol. The van der Waals surface area contributed by atoms with E-state index >= 15 is 0 Å². The number of methoxy groups -OCH3 is 1. The van der Waals surface area contributed by atoms with Gasteiger partial charge >= 0.3 is 0 Å². The summed E-state index contributed by atoms with van der Waals surface area (Å²) in [4.78, 5) is 17.6. The zero-order valence-corrected chi connectivity index (χ0v) is 15.4. The van der Waals surface area contributed by atoms with Gasteiger partial charge in [-0.25, -0.2) is 4.98 Å². The first-order valence-electron chi connectivity index (χ1n) is 7.60. The molecule has 0 bridgehead atoms. The highest BCUT2D eigenvalue weighted by molar-refractivity contribution is 7.14. The Bertz CT molecular complexity index is 873. The van der Waals surface area contributed by atoms with Crippen molar-refractivity contribution in [1.82, 2.24) is 9.36 Å². The molecule has 0 saturated heterocycles. The molecule has 2 heterocycles. The van der Waals surface area contributed by atoms with Crippen molar-refractivity contribution in [1.29, 1.82) is 0 Å². The molecule has 25 heavy (non-hydrogen) atoms. The van der Waals surface area contributed by atoms with E-state index in [1.165, 1.54) is 11.3 Å². The lowest BCUT2D eigenvalue weighted by Crippen LogP contribution is -2.11. The van der Waals surface area contributed by atoms with Crippen molar-refractivity contribution in [3.05, 3.63) is 47.1 Å². The van der Waals surface area contributed by atoms with Crippen molar-refractivity contribution in [2.75, 3.05) is 12.4 Å². The summed E-state index contributed by atoms with van der Waals surface area (Å²) in [6.45, 7) is 1.67. The molecule has 0 saturated carbocycles. The number of nitrogens with one attached hydrogen (secondary N) is 1. The number of carbonyl (C=O) groups is 1. The van der Waals surface area contributed by atoms with Crippen LogP contribution in [-0.2, 0) is 6.42 Å². The van der Waals surface area contributed by atoms with E-state index in [0.717, 1.165) is 27.7 Å². The normalized spacial score (nSPS) is 12.0. The number of aromatic nitrogens is 2. The number of hydrogen-bond acceptors (Lipinski definition) is 7. The maximum absolute atomic E-state index is 12.4. The van der Waals surface area contributed by atoms with Gasteiger partial charge in [0.25, 0.3) is 5.91 Å². The maximum Gasteiger partial charge on any atom is 0.258 e. The van der Waals surface area contributed by atoms with Crippen molar-refractivity contribution >= 4 is 33.9 Å². The van der Waals surface area contributed by atoms with E-state index in [0.29, 0.717) is 22.9 Å². The molecule has 2 aromatic heterocycles. The maximum atomic E-state index is 12.4. The summed E-state index contributed by atoms with van der Waals surface area (Å²) < 4.78 is 9.35. The van der Waals surface area contributed by atoms with Crippen LogP contribution < -0.4 is 10.1 Å². The van der Waals surface area contributed by atoms with Gasteiger partial charge in [0, 0.05) is 28.2 Å². The molecule has 1 aromatic carbocycles. The third-order valence-corrected chi connectivity index (χ3v) is 5.03. The standard InChI is InChI=1S/C17H17N3O3S2/c1-10(21)6-15-18-17(25-20-15)19-16(22)12-8-14(24-9-12)11-4-3-5-13(7-11)23-2/h3-5,7-10,21H,6H2,1-2H3,(H,18,19,20,22). The smallest absolute Gasteiger partial charge is 0.258 e. The van der Waals surface area contributed by atoms with Crippen molar-refractivity contribution < 1.29 is 14.6 Å². The molecule has 1 amide bonds. The van der Waals surface area contributed by atoms with Crippen LogP contribution in [0.15, 0.2) is 35.7 Å². The Hall–Kier alpha value is -2.29. The molecule has 130 valence electrons. The largest absolute Gasteiger partial charge is 0.497 e. The van der Waals surface area contributed by atoms with E-state index < -0.39 is 6.10 Å². The molecular weight excluding hydrogens is 358 g/mol. The van der Waals surface area contributed by atoms with E-state index in [2.05, 4.69) is 14.7 Å². The number of nitrogens with zero attached hydrogens (tertiary/aromatic N) is 2. The number of benzene rings is 1. The highest BCUT2D eigenvalue weighted by Crippen LogP contribution is 2.30. The summed E-state index contributed by atoms with van der Waals surface area (Å²) in [7, 11) is 1.63. The predicted octanol–water partition coefficient (Wildman–Crippen LogP) is 3.45. The fraction of sp³-hybridized carbons (Fsp3) is 0.235. The second-order valence-corrected chi connectivity index (χ2v) is 7.12. The van der Waals surface area contributed by atoms with Gasteiger partial charge < -0.3 is 9.84 Å². The molecular formula is C17H17N3O3S2. The Balaban J connectivity index is 1.71. The van der Waals surface area contributed by atoms with Crippen LogP contribution in [0.4, 0.5) is 5.13 Å². The first-order valence-corrected chi connectivity index (χ1v) is 9.25. The monoisotopic (exact) mass is 375 g/mol. The number of carbonyl (C=O) groups excluding carboxylic acids is 1. The highest BCUT2D eigenvalue weighted by Gasteiger charge is 2.14. The molecule has 3 rings (SSSR count). The zero-order chi connectivity index (χ0) is 17.8. The van der Waals surface area contributed by atoms with Crippen LogP contribution in [-0.4, -0.2) is 33.6 Å². The number of amides is 1. The lowest BCUT2D eigenvalue weighted by Gasteiger charge is -2.02. The molecule has 6 nitrogen and oxygen atoms in total. The number of thiophene rings is 1. The number of aliphatic hydroxyl groups excluding tert-OH is 1. The average Bonchev–Trinajstić information content (AvgIpc) is 3.24. The fourth-order valence-corrected chi connectivity index (χ4v) is 3.68. The minimum atomic E-state index is -0.513. The summed E-state index contributed by atoms with van der Waals surface area (Å²) >= 11 is 2.60. The topological polar surface area (TPSA) is 84.3 Å². The number of aliphatic hydroxyl groups is 1. The Morgan fingerprint density at radius 1 is 1.40 bits per heavy atom. The van der Waals surface area contributed by atoms with Gasteiger partial charge in [-0.1, -0.05) is 12.1 Å². The second-order valence-electron chi connectivity index (χ2n) is 5.45. The molecule has 0 radical (unpaired) electrons. The molecule has 8 heteroatoms. The van der Waals surface area contributed by atoms with E-state index in [1.807, 2.05) is 35.7 Å². The van der Waals surface area contributed by atoms with E-state index in [-0.39, 0.29) is 5.91 Å². The first-order chi connectivity index (χ1) is 12.0. The minimum Gasteiger partial charge on any atom is -0.497 e. The van der Waals surface area contributed by atoms with Gasteiger partial charge in [-0.2, -0.15) is 4.37 Å². The second kappa shape index (κ2) is 7.73.